The number of hydrogen-bond acceptors (Lipinski definition) is 4. The van der Waals surface area contributed by atoms with E-state index in [0.717, 1.165) is 0 Å². The quantitative estimate of drug-likeness (QED) is 0.718. The Labute approximate surface area is 85.4 Å². The Kier molecular flexibility index (Phi) is 2.34. The fraction of sp³-hybridized carbons (Fsp3) is 0.222. The first-order chi connectivity index (χ1) is 7.16. The number of aromatic nitrogens is 3. The van der Waals surface area contributed by atoms with Crippen molar-refractivity contribution in [2.75, 3.05) is 0 Å². The van der Waals surface area contributed by atoms with Gasteiger partial charge in [-0.25, -0.2) is 9.97 Å². The van der Waals surface area contributed by atoms with Crippen molar-refractivity contribution in [2.45, 2.75) is 12.5 Å². The van der Waals surface area contributed by atoms with Crippen LogP contribution in [0.3, 0.4) is 0 Å². The van der Waals surface area contributed by atoms with Gasteiger partial charge < -0.3 is 10.8 Å². The molecule has 0 fully saturated rings. The molecule has 0 saturated carbocycles. The average Bonchev–Trinajstić information content (AvgIpc) is 2.64. The van der Waals surface area contributed by atoms with Crippen LogP contribution in [-0.4, -0.2) is 31.5 Å². The molecule has 2 heterocycles. The van der Waals surface area contributed by atoms with Gasteiger partial charge >= 0.3 is 5.97 Å². The summed E-state index contributed by atoms with van der Waals surface area (Å²) in [6.07, 6.45) is 5.38. The first-order valence-corrected chi connectivity index (χ1v) is 4.44. The molecule has 3 N–H and O–H groups in total. The molecule has 6 nitrogen and oxygen atoms in total. The molecule has 1 unspecified atom stereocenters. The number of rotatable bonds is 3. The highest BCUT2D eigenvalue weighted by atomic mass is 16.4. The number of hydrogen-bond donors (Lipinski definition) is 2. The zero-order valence-electron chi connectivity index (χ0n) is 7.87. The summed E-state index contributed by atoms with van der Waals surface area (Å²) in [6.45, 7) is 0. The number of aliphatic carboxylic acids is 1. The van der Waals surface area contributed by atoms with Crippen LogP contribution in [0.15, 0.2) is 24.7 Å². The molecule has 0 bridgehead atoms. The Morgan fingerprint density at radius 2 is 2.40 bits per heavy atom. The van der Waals surface area contributed by atoms with Gasteiger partial charge in [0.1, 0.15) is 6.04 Å². The van der Waals surface area contributed by atoms with E-state index in [4.69, 9.17) is 10.8 Å². The molecule has 2 aromatic rings. The summed E-state index contributed by atoms with van der Waals surface area (Å²) in [5.74, 6) is -0.481. The van der Waals surface area contributed by atoms with E-state index in [1.807, 2.05) is 0 Å². The fourth-order valence-corrected chi connectivity index (χ4v) is 1.27. The van der Waals surface area contributed by atoms with Crippen molar-refractivity contribution >= 4 is 11.7 Å². The average molecular weight is 206 g/mol. The van der Waals surface area contributed by atoms with Crippen LogP contribution in [0.2, 0.25) is 0 Å². The van der Waals surface area contributed by atoms with Crippen LogP contribution in [0, 0.1) is 0 Å². The summed E-state index contributed by atoms with van der Waals surface area (Å²) in [6, 6.07) is 0.812. The Morgan fingerprint density at radius 3 is 3.13 bits per heavy atom. The van der Waals surface area contributed by atoms with Crippen molar-refractivity contribution in [3.8, 4) is 0 Å². The van der Waals surface area contributed by atoms with E-state index in [-0.39, 0.29) is 6.42 Å². The molecule has 0 aromatic carbocycles. The molecular weight excluding hydrogens is 196 g/mol. The maximum atomic E-state index is 10.5. The van der Waals surface area contributed by atoms with Crippen molar-refractivity contribution in [1.82, 2.24) is 14.4 Å². The third-order valence-electron chi connectivity index (χ3n) is 2.07. The highest BCUT2D eigenvalue weighted by Gasteiger charge is 2.13. The zero-order valence-corrected chi connectivity index (χ0v) is 7.87. The van der Waals surface area contributed by atoms with Gasteiger partial charge in [-0.05, 0) is 6.07 Å². The number of carboxylic acids is 1. The predicted octanol–water partition coefficient (Wildman–Crippen LogP) is -0.316. The van der Waals surface area contributed by atoms with Gasteiger partial charge in [0.25, 0.3) is 0 Å². The van der Waals surface area contributed by atoms with Crippen LogP contribution in [0.4, 0.5) is 0 Å². The Bertz CT molecular complexity index is 494. The van der Waals surface area contributed by atoms with Gasteiger partial charge in [-0.1, -0.05) is 0 Å². The second-order valence-electron chi connectivity index (χ2n) is 3.20. The van der Waals surface area contributed by atoms with Crippen LogP contribution in [0.25, 0.3) is 5.78 Å². The lowest BCUT2D eigenvalue weighted by Gasteiger charge is -2.05. The molecule has 6 heteroatoms. The highest BCUT2D eigenvalue weighted by Crippen LogP contribution is 2.02. The molecule has 0 aliphatic carbocycles. The molecule has 1 atom stereocenters. The molecule has 0 radical (unpaired) electrons. The Balaban J connectivity index is 2.24. The molecule has 2 aromatic heterocycles. The van der Waals surface area contributed by atoms with E-state index >= 15 is 0 Å². The lowest BCUT2D eigenvalue weighted by molar-refractivity contribution is -0.138. The second-order valence-corrected chi connectivity index (χ2v) is 3.20. The number of carbonyl (C=O) groups is 1. The smallest absolute Gasteiger partial charge is 0.320 e. The number of nitrogens with two attached hydrogens (primary N) is 1. The van der Waals surface area contributed by atoms with Crippen LogP contribution in [-0.2, 0) is 11.2 Å². The van der Waals surface area contributed by atoms with Gasteiger partial charge in [0.2, 0.25) is 5.78 Å². The first kappa shape index (κ1) is 9.60. The third-order valence-corrected chi connectivity index (χ3v) is 2.07. The lowest BCUT2D eigenvalue weighted by atomic mass is 10.2. The summed E-state index contributed by atoms with van der Waals surface area (Å²) in [5, 5.41) is 8.64. The maximum Gasteiger partial charge on any atom is 0.320 e. The standard InChI is InChI=1S/C9H10N4O2/c10-7(8(14)15)5-6-1-3-13-4-2-11-9(13)12-6/h1-4,7H,5,10H2,(H,14,15). The van der Waals surface area contributed by atoms with E-state index in [9.17, 15) is 4.79 Å². The van der Waals surface area contributed by atoms with Gasteiger partial charge in [-0.3, -0.25) is 9.20 Å². The molecule has 0 saturated heterocycles. The molecule has 0 amide bonds. The zero-order chi connectivity index (χ0) is 10.8. The lowest BCUT2D eigenvalue weighted by Crippen LogP contribution is -2.32. The number of fused-ring (bicyclic) bond motifs is 1. The Morgan fingerprint density at radius 1 is 1.60 bits per heavy atom. The molecule has 0 spiro atoms. The van der Waals surface area contributed by atoms with Crippen molar-refractivity contribution in [3.05, 3.63) is 30.4 Å². The predicted molar refractivity (Wildman–Crippen MR) is 52.3 cm³/mol. The minimum atomic E-state index is -1.03. The van der Waals surface area contributed by atoms with Gasteiger partial charge in [0.15, 0.2) is 0 Å². The highest BCUT2D eigenvalue weighted by molar-refractivity contribution is 5.73. The second kappa shape index (κ2) is 3.66. The van der Waals surface area contributed by atoms with Crippen LogP contribution < -0.4 is 5.73 Å². The summed E-state index contributed by atoms with van der Waals surface area (Å²) >= 11 is 0. The van der Waals surface area contributed by atoms with E-state index in [0.29, 0.717) is 11.5 Å². The van der Waals surface area contributed by atoms with Crippen LogP contribution in [0.1, 0.15) is 5.69 Å². The van der Waals surface area contributed by atoms with E-state index < -0.39 is 12.0 Å². The number of imidazole rings is 1. The topological polar surface area (TPSA) is 93.5 Å². The van der Waals surface area contributed by atoms with Crippen molar-refractivity contribution in [2.24, 2.45) is 5.73 Å². The first-order valence-electron chi connectivity index (χ1n) is 4.44. The molecule has 0 aliphatic rings. The van der Waals surface area contributed by atoms with Gasteiger partial charge in [0.05, 0.1) is 0 Å². The normalized spacial score (nSPS) is 12.9. The SMILES string of the molecule is NC(Cc1ccn2ccnc2n1)C(=O)O. The summed E-state index contributed by atoms with van der Waals surface area (Å²) in [7, 11) is 0. The molecule has 0 aliphatic heterocycles. The minimum Gasteiger partial charge on any atom is -0.480 e. The van der Waals surface area contributed by atoms with E-state index in [1.165, 1.54) is 0 Å². The van der Waals surface area contributed by atoms with Gasteiger partial charge in [-0.15, -0.1) is 0 Å². The van der Waals surface area contributed by atoms with Gasteiger partial charge in [0, 0.05) is 30.7 Å². The summed E-state index contributed by atoms with van der Waals surface area (Å²) in [4.78, 5) is 18.7. The van der Waals surface area contributed by atoms with E-state index in [1.54, 1.807) is 29.1 Å². The molecule has 78 valence electrons. The van der Waals surface area contributed by atoms with Crippen LogP contribution >= 0.6 is 0 Å². The summed E-state index contributed by atoms with van der Waals surface area (Å²) < 4.78 is 1.75. The van der Waals surface area contributed by atoms with Crippen molar-refractivity contribution < 1.29 is 9.90 Å². The largest absolute Gasteiger partial charge is 0.480 e. The van der Waals surface area contributed by atoms with Crippen molar-refractivity contribution in [1.29, 1.82) is 0 Å². The minimum absolute atomic E-state index is 0.207. The van der Waals surface area contributed by atoms with Gasteiger partial charge in [-0.2, -0.15) is 0 Å². The molecule has 2 rings (SSSR count). The Hall–Kier alpha value is -1.95. The van der Waals surface area contributed by atoms with Crippen LogP contribution in [0.5, 0.6) is 0 Å². The molecular formula is C9H10N4O2. The molecule has 15 heavy (non-hydrogen) atoms. The summed E-state index contributed by atoms with van der Waals surface area (Å²) in [5.41, 5.74) is 6.03. The maximum absolute atomic E-state index is 10.5. The number of nitrogens with zero attached hydrogens (tertiary/aromatic N) is 3. The number of carboxylic acid groups (broad SMARTS) is 1. The fourth-order valence-electron chi connectivity index (χ4n) is 1.27. The monoisotopic (exact) mass is 206 g/mol. The van der Waals surface area contributed by atoms with E-state index in [2.05, 4.69) is 9.97 Å². The third kappa shape index (κ3) is 1.94. The van der Waals surface area contributed by atoms with Crippen molar-refractivity contribution in [3.63, 3.8) is 0 Å².